The zero-order chi connectivity index (χ0) is 28.2. The zero-order valence-electron chi connectivity index (χ0n) is 21.7. The van der Waals surface area contributed by atoms with Crippen LogP contribution < -0.4 is 0 Å². The van der Waals surface area contributed by atoms with Crippen molar-refractivity contribution < 1.29 is 18.1 Å². The highest BCUT2D eigenvalue weighted by Crippen LogP contribution is 2.38. The van der Waals surface area contributed by atoms with E-state index in [0.29, 0.717) is 16.9 Å². The number of sulfonamides is 1. The largest absolute Gasteiger partial charge is 0.340 e. The van der Waals surface area contributed by atoms with Crippen LogP contribution in [0.2, 0.25) is 0 Å². The van der Waals surface area contributed by atoms with Gasteiger partial charge in [0.15, 0.2) is 0 Å². The minimum absolute atomic E-state index is 0.0714. The van der Waals surface area contributed by atoms with Crippen molar-refractivity contribution >= 4 is 33.4 Å². The normalized spacial score (nSPS) is 14.1. The molecule has 1 aliphatic heterocycles. The van der Waals surface area contributed by atoms with Crippen LogP contribution >= 0.6 is 11.8 Å². The second kappa shape index (κ2) is 12.0. The van der Waals surface area contributed by atoms with Crippen molar-refractivity contribution in [2.24, 2.45) is 0 Å². The number of amides is 1. The molecule has 0 radical (unpaired) electrons. The summed E-state index contributed by atoms with van der Waals surface area (Å²) in [4.78, 5) is 26.5. The Morgan fingerprint density at radius 2 is 1.69 bits per heavy atom. The summed E-state index contributed by atoms with van der Waals surface area (Å²) < 4.78 is 28.8. The lowest BCUT2D eigenvalue weighted by Crippen LogP contribution is -2.50. The highest BCUT2D eigenvalue weighted by atomic mass is 32.2. The van der Waals surface area contributed by atoms with E-state index in [-0.39, 0.29) is 49.1 Å². The molecule has 1 saturated heterocycles. The maximum absolute atomic E-state index is 13.7. The Bertz CT molecular complexity index is 1540. The molecule has 0 bridgehead atoms. The summed E-state index contributed by atoms with van der Waals surface area (Å²) >= 11 is 1.27. The molecule has 39 heavy (non-hydrogen) atoms. The fourth-order valence-corrected chi connectivity index (χ4v) is 7.27. The van der Waals surface area contributed by atoms with Gasteiger partial charge in [-0.25, -0.2) is 8.42 Å². The quantitative estimate of drug-likeness (QED) is 0.287. The number of benzene rings is 3. The first-order valence-electron chi connectivity index (χ1n) is 12.4. The predicted octanol–water partition coefficient (Wildman–Crippen LogP) is 4.70. The third kappa shape index (κ3) is 6.65. The number of nitriles is 1. The molecule has 1 amide bonds. The number of aryl methyl sites for hydroxylation is 3. The number of hydrogen-bond acceptors (Lipinski definition) is 7. The van der Waals surface area contributed by atoms with Crippen LogP contribution in [-0.2, 0) is 21.2 Å². The molecule has 3 aromatic carbocycles. The van der Waals surface area contributed by atoms with E-state index in [1.165, 1.54) is 28.2 Å². The van der Waals surface area contributed by atoms with Crippen LogP contribution in [0.25, 0.3) is 0 Å². The Kier molecular flexibility index (Phi) is 8.70. The summed E-state index contributed by atoms with van der Waals surface area (Å²) in [6, 6.07) is 18.9. The lowest BCUT2D eigenvalue weighted by Gasteiger charge is -2.34. The first-order valence-corrected chi connectivity index (χ1v) is 14.6. The van der Waals surface area contributed by atoms with Crippen molar-refractivity contribution in [2.45, 2.75) is 41.4 Å². The molecule has 0 aliphatic carbocycles. The molecular formula is C28H28N4O5S2. The predicted molar refractivity (Wildman–Crippen MR) is 148 cm³/mol. The maximum Gasteiger partial charge on any atom is 0.270 e. The van der Waals surface area contributed by atoms with Gasteiger partial charge in [-0.05, 0) is 61.2 Å². The summed E-state index contributed by atoms with van der Waals surface area (Å²) in [6.45, 7) is 4.54. The Morgan fingerprint density at radius 3 is 2.33 bits per heavy atom. The van der Waals surface area contributed by atoms with E-state index in [1.807, 2.05) is 44.2 Å². The van der Waals surface area contributed by atoms with Gasteiger partial charge in [0.25, 0.3) is 5.69 Å². The van der Waals surface area contributed by atoms with E-state index in [4.69, 9.17) is 5.26 Å². The number of nitro benzene ring substituents is 1. The van der Waals surface area contributed by atoms with Gasteiger partial charge in [-0.2, -0.15) is 9.57 Å². The molecule has 1 aliphatic rings. The van der Waals surface area contributed by atoms with Gasteiger partial charge in [-0.3, -0.25) is 14.9 Å². The molecule has 202 valence electrons. The summed E-state index contributed by atoms with van der Waals surface area (Å²) in [5.41, 5.74) is 3.20. The SMILES string of the molecule is Cc1ccc(C)c(Sc2ccc([N+](=O)[O-])cc2S(=O)(=O)N2CCN(C(=O)CCc3ccc(C#N)cc3)CC2)c1. The van der Waals surface area contributed by atoms with Crippen LogP contribution in [0, 0.1) is 35.3 Å². The number of carbonyl (C=O) groups excluding carboxylic acids is 1. The molecule has 11 heteroatoms. The standard InChI is InChI=1S/C28H28N4O5S2/c1-20-3-4-21(2)26(17-20)38-25-11-10-24(32(34)35)18-27(25)39(36,37)31-15-13-30(14-16-31)28(33)12-9-22-5-7-23(19-29)8-6-22/h3-8,10-11,17-18H,9,12-16H2,1-2H3. The zero-order valence-corrected chi connectivity index (χ0v) is 23.3. The molecule has 0 N–H and O–H groups in total. The summed E-state index contributed by atoms with van der Waals surface area (Å²) in [6.07, 6.45) is 0.801. The topological polar surface area (TPSA) is 125 Å². The monoisotopic (exact) mass is 564 g/mol. The number of nitro groups is 1. The number of piperazine rings is 1. The van der Waals surface area contributed by atoms with Gasteiger partial charge in [0.05, 0.1) is 16.6 Å². The van der Waals surface area contributed by atoms with Gasteiger partial charge in [0.1, 0.15) is 4.90 Å². The van der Waals surface area contributed by atoms with Gasteiger partial charge < -0.3 is 4.90 Å². The van der Waals surface area contributed by atoms with Crippen LogP contribution in [0.5, 0.6) is 0 Å². The Balaban J connectivity index is 1.48. The molecule has 1 heterocycles. The van der Waals surface area contributed by atoms with Crippen molar-refractivity contribution in [3.05, 3.63) is 93.0 Å². The van der Waals surface area contributed by atoms with E-state index in [9.17, 15) is 23.3 Å². The highest BCUT2D eigenvalue weighted by Gasteiger charge is 2.33. The van der Waals surface area contributed by atoms with Crippen LogP contribution in [0.4, 0.5) is 5.69 Å². The van der Waals surface area contributed by atoms with Gasteiger partial charge in [-0.1, -0.05) is 36.0 Å². The number of rotatable bonds is 8. The molecule has 0 aromatic heterocycles. The smallest absolute Gasteiger partial charge is 0.270 e. The summed E-state index contributed by atoms with van der Waals surface area (Å²) in [5.74, 6) is -0.0714. The molecule has 3 aromatic rings. The lowest BCUT2D eigenvalue weighted by molar-refractivity contribution is -0.385. The van der Waals surface area contributed by atoms with Crippen molar-refractivity contribution in [1.29, 1.82) is 5.26 Å². The van der Waals surface area contributed by atoms with E-state index in [0.717, 1.165) is 27.7 Å². The molecule has 1 fully saturated rings. The molecule has 0 saturated carbocycles. The lowest BCUT2D eigenvalue weighted by atomic mass is 10.1. The average Bonchev–Trinajstić information content (AvgIpc) is 2.94. The first-order chi connectivity index (χ1) is 18.6. The Morgan fingerprint density at radius 1 is 1.00 bits per heavy atom. The minimum Gasteiger partial charge on any atom is -0.340 e. The molecule has 0 unspecified atom stereocenters. The third-order valence-electron chi connectivity index (χ3n) is 6.62. The number of carbonyl (C=O) groups is 1. The highest BCUT2D eigenvalue weighted by molar-refractivity contribution is 8.00. The minimum atomic E-state index is -4.06. The molecular weight excluding hydrogens is 536 g/mol. The van der Waals surface area contributed by atoms with Crippen molar-refractivity contribution in [1.82, 2.24) is 9.21 Å². The summed E-state index contributed by atoms with van der Waals surface area (Å²) in [7, 11) is -4.06. The van der Waals surface area contributed by atoms with E-state index in [1.54, 1.807) is 17.0 Å². The third-order valence-corrected chi connectivity index (χ3v) is 9.92. The molecule has 4 rings (SSSR count). The number of hydrogen-bond donors (Lipinski definition) is 0. The number of non-ortho nitro benzene ring substituents is 1. The van der Waals surface area contributed by atoms with Crippen LogP contribution in [0.3, 0.4) is 0 Å². The van der Waals surface area contributed by atoms with Crippen molar-refractivity contribution in [3.8, 4) is 6.07 Å². The molecule has 0 spiro atoms. The van der Waals surface area contributed by atoms with Crippen LogP contribution in [0.15, 0.2) is 75.4 Å². The van der Waals surface area contributed by atoms with Gasteiger partial charge in [-0.15, -0.1) is 0 Å². The Hall–Kier alpha value is -3.72. The maximum atomic E-state index is 13.7. The molecule has 9 nitrogen and oxygen atoms in total. The fourth-order valence-electron chi connectivity index (χ4n) is 4.30. The fraction of sp³-hybridized carbons (Fsp3) is 0.286. The Labute approximate surface area is 232 Å². The van der Waals surface area contributed by atoms with E-state index >= 15 is 0 Å². The summed E-state index contributed by atoms with van der Waals surface area (Å²) in [5, 5.41) is 20.4. The average molecular weight is 565 g/mol. The second-order valence-corrected chi connectivity index (χ2v) is 12.3. The second-order valence-electron chi connectivity index (χ2n) is 9.35. The first kappa shape index (κ1) is 28.3. The van der Waals surface area contributed by atoms with Gasteiger partial charge in [0.2, 0.25) is 15.9 Å². The van der Waals surface area contributed by atoms with Gasteiger partial charge >= 0.3 is 0 Å². The van der Waals surface area contributed by atoms with Gasteiger partial charge in [0, 0.05) is 54.5 Å². The number of nitrogens with zero attached hydrogens (tertiary/aromatic N) is 4. The molecule has 0 atom stereocenters. The van der Waals surface area contributed by atoms with Crippen molar-refractivity contribution in [3.63, 3.8) is 0 Å². The van der Waals surface area contributed by atoms with Crippen LogP contribution in [-0.4, -0.2) is 54.6 Å². The van der Waals surface area contributed by atoms with Crippen molar-refractivity contribution in [2.75, 3.05) is 26.2 Å². The van der Waals surface area contributed by atoms with E-state index in [2.05, 4.69) is 6.07 Å². The van der Waals surface area contributed by atoms with Crippen LogP contribution in [0.1, 0.15) is 28.7 Å². The van der Waals surface area contributed by atoms with E-state index < -0.39 is 14.9 Å².